The summed E-state index contributed by atoms with van der Waals surface area (Å²) in [6, 6.07) is 18.6. The highest BCUT2D eigenvalue weighted by atomic mass is 15.5. The van der Waals surface area contributed by atoms with E-state index in [2.05, 4.69) is 55.7 Å². The summed E-state index contributed by atoms with van der Waals surface area (Å²) < 4.78 is 1.79. The second-order valence-corrected chi connectivity index (χ2v) is 6.59. The molecule has 1 aliphatic rings. The molecule has 0 N–H and O–H groups in total. The first-order chi connectivity index (χ1) is 12.9. The fourth-order valence-electron chi connectivity index (χ4n) is 3.56. The molecule has 0 atom stereocenters. The van der Waals surface area contributed by atoms with Crippen LogP contribution in [0.4, 0.5) is 5.82 Å². The quantitative estimate of drug-likeness (QED) is 0.566. The summed E-state index contributed by atoms with van der Waals surface area (Å²) in [6.07, 6.45) is 0. The Bertz CT molecular complexity index is 1040. The Balaban J connectivity index is 1.40. The van der Waals surface area contributed by atoms with Crippen LogP contribution < -0.4 is 4.90 Å². The topological polar surface area (TPSA) is 62.5 Å². The van der Waals surface area contributed by atoms with Crippen LogP contribution in [0.5, 0.6) is 0 Å². The van der Waals surface area contributed by atoms with Crippen molar-refractivity contribution in [2.75, 3.05) is 31.1 Å². The van der Waals surface area contributed by atoms with Crippen LogP contribution in [0.1, 0.15) is 5.56 Å². The molecule has 1 aliphatic heterocycles. The second-order valence-electron chi connectivity index (χ2n) is 6.59. The second kappa shape index (κ2) is 6.34. The minimum atomic E-state index is 0.722. The Morgan fingerprint density at radius 2 is 1.62 bits per heavy atom. The summed E-state index contributed by atoms with van der Waals surface area (Å²) in [4.78, 5) is 9.62. The minimum Gasteiger partial charge on any atom is -0.351 e. The number of aromatic nitrogens is 5. The molecule has 4 aromatic rings. The first-order valence-electron chi connectivity index (χ1n) is 8.86. The highest BCUT2D eigenvalue weighted by Gasteiger charge is 2.22. The van der Waals surface area contributed by atoms with Crippen molar-refractivity contribution in [3.63, 3.8) is 0 Å². The number of piperazine rings is 1. The van der Waals surface area contributed by atoms with Crippen molar-refractivity contribution >= 4 is 22.5 Å². The minimum absolute atomic E-state index is 0.722. The number of hydrogen-bond donors (Lipinski definition) is 0. The van der Waals surface area contributed by atoms with E-state index >= 15 is 0 Å². The third-order valence-corrected chi connectivity index (χ3v) is 4.93. The van der Waals surface area contributed by atoms with Crippen molar-refractivity contribution in [3.8, 4) is 0 Å². The third-order valence-electron chi connectivity index (χ3n) is 4.93. The predicted molar refractivity (Wildman–Crippen MR) is 100 cm³/mol. The SMILES string of the molecule is c1ccc(CN2CCN(c3nc4ccccc4n4nnnc34)CC2)cc1. The van der Waals surface area contributed by atoms with Crippen LogP contribution in [0.2, 0.25) is 0 Å². The molecule has 0 amide bonds. The molecule has 2 aromatic carbocycles. The summed E-state index contributed by atoms with van der Waals surface area (Å²) in [5.41, 5.74) is 3.92. The van der Waals surface area contributed by atoms with Gasteiger partial charge in [0.25, 0.3) is 0 Å². The van der Waals surface area contributed by atoms with Gasteiger partial charge < -0.3 is 4.90 Å². The van der Waals surface area contributed by atoms with Gasteiger partial charge in [0.15, 0.2) is 5.82 Å². The highest BCUT2D eigenvalue weighted by Crippen LogP contribution is 2.23. The number of tetrazole rings is 1. The molecule has 0 aliphatic carbocycles. The molecular weight excluding hydrogens is 326 g/mol. The van der Waals surface area contributed by atoms with Crippen LogP contribution in [0.3, 0.4) is 0 Å². The molecule has 2 aromatic heterocycles. The molecule has 0 saturated carbocycles. The van der Waals surface area contributed by atoms with Gasteiger partial charge in [-0.3, -0.25) is 4.90 Å². The summed E-state index contributed by atoms with van der Waals surface area (Å²) in [6.45, 7) is 4.82. The van der Waals surface area contributed by atoms with Crippen LogP contribution in [-0.4, -0.2) is 56.1 Å². The van der Waals surface area contributed by atoms with Crippen LogP contribution in [0.15, 0.2) is 54.6 Å². The predicted octanol–water partition coefficient (Wildman–Crippen LogP) is 1.99. The van der Waals surface area contributed by atoms with Crippen molar-refractivity contribution in [2.24, 2.45) is 0 Å². The maximum absolute atomic E-state index is 4.85. The van der Waals surface area contributed by atoms with Gasteiger partial charge in [0.2, 0.25) is 5.65 Å². The van der Waals surface area contributed by atoms with Crippen LogP contribution >= 0.6 is 0 Å². The summed E-state index contributed by atoms with van der Waals surface area (Å²) >= 11 is 0. The zero-order chi connectivity index (χ0) is 17.3. The number of fused-ring (bicyclic) bond motifs is 3. The summed E-state index contributed by atoms with van der Waals surface area (Å²) in [5, 5.41) is 12.2. The molecule has 0 unspecified atom stereocenters. The Morgan fingerprint density at radius 3 is 2.46 bits per heavy atom. The first kappa shape index (κ1) is 15.2. The Morgan fingerprint density at radius 1 is 0.846 bits per heavy atom. The zero-order valence-electron chi connectivity index (χ0n) is 14.4. The molecule has 5 rings (SSSR count). The van der Waals surface area contributed by atoms with Crippen LogP contribution in [0, 0.1) is 0 Å². The van der Waals surface area contributed by atoms with E-state index in [4.69, 9.17) is 4.98 Å². The van der Waals surface area contributed by atoms with Crippen molar-refractivity contribution in [1.82, 2.24) is 29.9 Å². The number of benzene rings is 2. The molecule has 1 saturated heterocycles. The molecule has 0 spiro atoms. The monoisotopic (exact) mass is 345 g/mol. The van der Waals surface area contributed by atoms with E-state index < -0.39 is 0 Å². The lowest BCUT2D eigenvalue weighted by Crippen LogP contribution is -2.46. The van der Waals surface area contributed by atoms with E-state index in [0.29, 0.717) is 0 Å². The van der Waals surface area contributed by atoms with E-state index in [-0.39, 0.29) is 0 Å². The summed E-state index contributed by atoms with van der Waals surface area (Å²) in [5.74, 6) is 0.869. The van der Waals surface area contributed by atoms with E-state index in [1.165, 1.54) is 5.56 Å². The number of rotatable bonds is 3. The molecule has 26 heavy (non-hydrogen) atoms. The fourth-order valence-corrected chi connectivity index (χ4v) is 3.56. The van der Waals surface area contributed by atoms with Crippen molar-refractivity contribution in [3.05, 3.63) is 60.2 Å². The average molecular weight is 345 g/mol. The molecule has 0 bridgehead atoms. The van der Waals surface area contributed by atoms with Gasteiger partial charge >= 0.3 is 0 Å². The smallest absolute Gasteiger partial charge is 0.222 e. The van der Waals surface area contributed by atoms with Gasteiger partial charge in [-0.2, -0.15) is 4.52 Å². The average Bonchev–Trinajstić information content (AvgIpc) is 3.19. The van der Waals surface area contributed by atoms with Crippen molar-refractivity contribution in [1.29, 1.82) is 0 Å². The van der Waals surface area contributed by atoms with Crippen LogP contribution in [-0.2, 0) is 6.54 Å². The van der Waals surface area contributed by atoms with Crippen LogP contribution in [0.25, 0.3) is 16.7 Å². The lowest BCUT2D eigenvalue weighted by molar-refractivity contribution is 0.249. The van der Waals surface area contributed by atoms with Gasteiger partial charge in [-0.15, -0.1) is 5.10 Å². The lowest BCUT2D eigenvalue weighted by atomic mass is 10.2. The molecule has 7 nitrogen and oxygen atoms in total. The number of hydrogen-bond acceptors (Lipinski definition) is 6. The molecule has 130 valence electrons. The first-order valence-corrected chi connectivity index (χ1v) is 8.86. The Labute approximate surface area is 150 Å². The number of para-hydroxylation sites is 2. The van der Waals surface area contributed by atoms with E-state index in [1.54, 1.807) is 4.52 Å². The van der Waals surface area contributed by atoms with E-state index in [0.717, 1.165) is 55.2 Å². The molecule has 1 fully saturated rings. The molecule has 3 heterocycles. The molecule has 0 radical (unpaired) electrons. The fraction of sp³-hybridized carbons (Fsp3) is 0.263. The number of nitrogens with zero attached hydrogens (tertiary/aromatic N) is 7. The molecule has 7 heteroatoms. The van der Waals surface area contributed by atoms with Gasteiger partial charge in [0.1, 0.15) is 0 Å². The standard InChI is InChI=1S/C19H19N7/c1-2-6-15(7-3-1)14-24-10-12-25(13-11-24)18-19-21-22-23-26(19)17-9-5-4-8-16(17)20-18/h1-9H,10-14H2. The summed E-state index contributed by atoms with van der Waals surface area (Å²) in [7, 11) is 0. The largest absolute Gasteiger partial charge is 0.351 e. The Hall–Kier alpha value is -3.06. The van der Waals surface area contributed by atoms with Crippen molar-refractivity contribution in [2.45, 2.75) is 6.54 Å². The normalized spacial score (nSPS) is 15.8. The molecular formula is C19H19N7. The van der Waals surface area contributed by atoms with Gasteiger partial charge in [-0.05, 0) is 28.1 Å². The maximum Gasteiger partial charge on any atom is 0.222 e. The van der Waals surface area contributed by atoms with Gasteiger partial charge in [-0.1, -0.05) is 42.5 Å². The van der Waals surface area contributed by atoms with Gasteiger partial charge in [-0.25, -0.2) is 4.98 Å². The third kappa shape index (κ3) is 2.66. The zero-order valence-corrected chi connectivity index (χ0v) is 14.4. The number of anilines is 1. The van der Waals surface area contributed by atoms with Crippen molar-refractivity contribution < 1.29 is 0 Å². The van der Waals surface area contributed by atoms with E-state index in [1.807, 2.05) is 24.3 Å². The van der Waals surface area contributed by atoms with E-state index in [9.17, 15) is 0 Å². The highest BCUT2D eigenvalue weighted by molar-refractivity contribution is 5.82. The lowest BCUT2D eigenvalue weighted by Gasteiger charge is -2.35. The Kier molecular flexibility index (Phi) is 3.71. The van der Waals surface area contributed by atoms with Gasteiger partial charge in [0, 0.05) is 32.7 Å². The van der Waals surface area contributed by atoms with Gasteiger partial charge in [0.05, 0.1) is 11.0 Å². The maximum atomic E-state index is 4.85.